The highest BCUT2D eigenvalue weighted by Crippen LogP contribution is 2.41. The fourth-order valence-corrected chi connectivity index (χ4v) is 4.25. The second-order valence-electron chi connectivity index (χ2n) is 4.99. The normalized spacial score (nSPS) is 21.3. The first kappa shape index (κ1) is 12.4. The van der Waals surface area contributed by atoms with E-state index in [4.69, 9.17) is 4.99 Å². The molecule has 1 spiro atoms. The third-order valence-corrected chi connectivity index (χ3v) is 5.58. The molecule has 1 aliphatic heterocycles. The molecule has 2 aliphatic rings. The van der Waals surface area contributed by atoms with E-state index in [0.29, 0.717) is 0 Å². The van der Waals surface area contributed by atoms with Crippen molar-refractivity contribution in [3.8, 4) is 0 Å². The lowest BCUT2D eigenvalue weighted by molar-refractivity contribution is 0.508. The van der Waals surface area contributed by atoms with Gasteiger partial charge in [-0.1, -0.05) is 24.6 Å². The molecule has 0 saturated heterocycles. The highest BCUT2D eigenvalue weighted by molar-refractivity contribution is 8.14. The molecule has 1 heterocycles. The van der Waals surface area contributed by atoms with Crippen LogP contribution in [0.25, 0.3) is 0 Å². The lowest BCUT2D eigenvalue weighted by atomic mass is 10.0. The molecule has 0 atom stereocenters. The van der Waals surface area contributed by atoms with Crippen LogP contribution < -0.4 is 5.32 Å². The summed E-state index contributed by atoms with van der Waals surface area (Å²) in [6, 6.07) is 8.57. The summed E-state index contributed by atoms with van der Waals surface area (Å²) in [5.74, 6) is 1.16. The number of aliphatic imine (C=N–C) groups is 1. The van der Waals surface area contributed by atoms with Crippen LogP contribution in [0.1, 0.15) is 25.7 Å². The predicted molar refractivity (Wildman–Crippen MR) is 82.9 cm³/mol. The summed E-state index contributed by atoms with van der Waals surface area (Å²) in [7, 11) is 0. The van der Waals surface area contributed by atoms with Crippen LogP contribution in [-0.4, -0.2) is 22.7 Å². The van der Waals surface area contributed by atoms with Crippen LogP contribution in [0.3, 0.4) is 0 Å². The summed E-state index contributed by atoms with van der Waals surface area (Å²) in [5.41, 5.74) is 1.42. The standard InChI is InChI=1S/C14H18N2S2/c1-17-12-6-4-11(5-7-12)15-13-16-14(10-18-13)8-2-3-9-14/h4-7H,2-3,8-10H2,1H3,(H,15,16). The summed E-state index contributed by atoms with van der Waals surface area (Å²) in [6.07, 6.45) is 7.34. The molecule has 1 saturated carbocycles. The summed E-state index contributed by atoms with van der Waals surface area (Å²) >= 11 is 3.65. The molecule has 2 nitrogen and oxygen atoms in total. The molecule has 0 radical (unpaired) electrons. The zero-order valence-corrected chi connectivity index (χ0v) is 12.2. The topological polar surface area (TPSA) is 24.4 Å². The first-order valence-electron chi connectivity index (χ1n) is 6.43. The molecule has 96 valence electrons. The Hall–Kier alpha value is -0.610. The van der Waals surface area contributed by atoms with E-state index in [2.05, 4.69) is 35.8 Å². The summed E-state index contributed by atoms with van der Waals surface area (Å²) in [4.78, 5) is 6.22. The Bertz CT molecular complexity index is 447. The zero-order valence-electron chi connectivity index (χ0n) is 10.6. The molecule has 0 unspecified atom stereocenters. The Balaban J connectivity index is 1.69. The van der Waals surface area contributed by atoms with Gasteiger partial charge in [-0.2, -0.15) is 0 Å². The van der Waals surface area contributed by atoms with Crippen molar-refractivity contribution in [2.24, 2.45) is 4.99 Å². The van der Waals surface area contributed by atoms with Gasteiger partial charge in [0.15, 0.2) is 5.17 Å². The van der Waals surface area contributed by atoms with Crippen LogP contribution in [0.2, 0.25) is 0 Å². The number of nitrogens with zero attached hydrogens (tertiary/aromatic N) is 1. The largest absolute Gasteiger partial charge is 0.335 e. The van der Waals surface area contributed by atoms with E-state index in [-0.39, 0.29) is 5.54 Å². The number of hydrogen-bond acceptors (Lipinski definition) is 4. The van der Waals surface area contributed by atoms with Gasteiger partial charge >= 0.3 is 0 Å². The van der Waals surface area contributed by atoms with Crippen molar-refractivity contribution in [2.75, 3.05) is 17.3 Å². The van der Waals surface area contributed by atoms with Crippen LogP contribution in [0, 0.1) is 0 Å². The van der Waals surface area contributed by atoms with Gasteiger partial charge in [-0.3, -0.25) is 4.99 Å². The average molecular weight is 278 g/mol. The van der Waals surface area contributed by atoms with Crippen molar-refractivity contribution in [3.05, 3.63) is 24.3 Å². The van der Waals surface area contributed by atoms with Gasteiger partial charge < -0.3 is 5.32 Å². The SMILES string of the molecule is CSc1ccc(NC2=NC3(CCCC3)CS2)cc1. The van der Waals surface area contributed by atoms with Crippen LogP contribution in [0.15, 0.2) is 34.2 Å². The fourth-order valence-electron chi connectivity index (χ4n) is 2.63. The maximum atomic E-state index is 4.92. The Labute approximate surface area is 117 Å². The van der Waals surface area contributed by atoms with Gasteiger partial charge in [-0.15, -0.1) is 11.8 Å². The molecule has 0 aromatic heterocycles. The van der Waals surface area contributed by atoms with Crippen LogP contribution in [0.4, 0.5) is 5.69 Å². The first-order valence-corrected chi connectivity index (χ1v) is 8.64. The van der Waals surface area contributed by atoms with Gasteiger partial charge in [0.25, 0.3) is 0 Å². The number of rotatable bonds is 2. The molecule has 3 rings (SSSR count). The van der Waals surface area contributed by atoms with E-state index in [0.717, 1.165) is 16.6 Å². The zero-order chi connectivity index (χ0) is 12.4. The third kappa shape index (κ3) is 2.54. The fraction of sp³-hybridized carbons (Fsp3) is 0.500. The number of benzene rings is 1. The molecule has 1 aromatic rings. The summed E-state index contributed by atoms with van der Waals surface area (Å²) in [6.45, 7) is 0. The number of nitrogens with one attached hydrogen (secondary N) is 1. The van der Waals surface area contributed by atoms with E-state index in [1.807, 2.05) is 11.8 Å². The lowest BCUT2D eigenvalue weighted by Crippen LogP contribution is -2.21. The monoisotopic (exact) mass is 278 g/mol. The maximum absolute atomic E-state index is 4.92. The minimum atomic E-state index is 0.270. The van der Waals surface area contributed by atoms with E-state index < -0.39 is 0 Å². The highest BCUT2D eigenvalue weighted by Gasteiger charge is 2.38. The molecule has 1 N–H and O–H groups in total. The van der Waals surface area contributed by atoms with Gasteiger partial charge in [0.1, 0.15) is 0 Å². The molecule has 1 aliphatic carbocycles. The third-order valence-electron chi connectivity index (χ3n) is 3.69. The highest BCUT2D eigenvalue weighted by atomic mass is 32.2. The van der Waals surface area contributed by atoms with Gasteiger partial charge in [0, 0.05) is 16.3 Å². The van der Waals surface area contributed by atoms with Crippen LogP contribution in [-0.2, 0) is 0 Å². The average Bonchev–Trinajstić information content (AvgIpc) is 3.02. The number of amidine groups is 1. The van der Waals surface area contributed by atoms with Crippen molar-refractivity contribution in [2.45, 2.75) is 36.1 Å². The van der Waals surface area contributed by atoms with Gasteiger partial charge in [0.2, 0.25) is 0 Å². The minimum absolute atomic E-state index is 0.270. The summed E-state index contributed by atoms with van der Waals surface area (Å²) < 4.78 is 0. The van der Waals surface area contributed by atoms with Crippen molar-refractivity contribution < 1.29 is 0 Å². The number of hydrogen-bond donors (Lipinski definition) is 1. The van der Waals surface area contributed by atoms with E-state index in [9.17, 15) is 0 Å². The van der Waals surface area contributed by atoms with Crippen molar-refractivity contribution in [3.63, 3.8) is 0 Å². The van der Waals surface area contributed by atoms with Gasteiger partial charge in [0.05, 0.1) is 5.54 Å². The Morgan fingerprint density at radius 1 is 1.22 bits per heavy atom. The predicted octanol–water partition coefficient (Wildman–Crippen LogP) is 4.24. The quantitative estimate of drug-likeness (QED) is 0.819. The molecular weight excluding hydrogens is 260 g/mol. The molecule has 0 bridgehead atoms. The Morgan fingerprint density at radius 2 is 1.94 bits per heavy atom. The number of thioether (sulfide) groups is 2. The number of anilines is 1. The summed E-state index contributed by atoms with van der Waals surface area (Å²) in [5, 5.41) is 4.55. The maximum Gasteiger partial charge on any atom is 0.161 e. The second kappa shape index (κ2) is 5.17. The van der Waals surface area contributed by atoms with Crippen LogP contribution >= 0.6 is 23.5 Å². The minimum Gasteiger partial charge on any atom is -0.335 e. The van der Waals surface area contributed by atoms with Crippen LogP contribution in [0.5, 0.6) is 0 Å². The lowest BCUT2D eigenvalue weighted by Gasteiger charge is -2.16. The Kier molecular flexibility index (Phi) is 3.57. The van der Waals surface area contributed by atoms with Gasteiger partial charge in [-0.25, -0.2) is 0 Å². The molecule has 18 heavy (non-hydrogen) atoms. The molecule has 1 fully saturated rings. The smallest absolute Gasteiger partial charge is 0.161 e. The molecule has 0 amide bonds. The van der Waals surface area contributed by atoms with E-state index in [1.165, 1.54) is 30.6 Å². The Morgan fingerprint density at radius 3 is 2.61 bits per heavy atom. The van der Waals surface area contributed by atoms with E-state index >= 15 is 0 Å². The molecule has 1 aromatic carbocycles. The second-order valence-corrected chi connectivity index (χ2v) is 6.83. The first-order chi connectivity index (χ1) is 8.80. The molecular formula is C14H18N2S2. The van der Waals surface area contributed by atoms with Gasteiger partial charge in [-0.05, 0) is 43.4 Å². The van der Waals surface area contributed by atoms with Crippen molar-refractivity contribution in [1.82, 2.24) is 0 Å². The van der Waals surface area contributed by atoms with E-state index in [1.54, 1.807) is 11.8 Å². The molecule has 4 heteroatoms. The van der Waals surface area contributed by atoms with Crippen molar-refractivity contribution in [1.29, 1.82) is 0 Å². The van der Waals surface area contributed by atoms with Crippen molar-refractivity contribution >= 4 is 34.4 Å².